The average molecular weight is 235 g/mol. The van der Waals surface area contributed by atoms with Crippen LogP contribution in [0.3, 0.4) is 0 Å². The van der Waals surface area contributed by atoms with Gasteiger partial charge in [0.2, 0.25) is 0 Å². The van der Waals surface area contributed by atoms with Gasteiger partial charge in [-0.25, -0.2) is 0 Å². The second-order valence-corrected chi connectivity index (χ2v) is 4.82. The van der Waals surface area contributed by atoms with Gasteiger partial charge < -0.3 is 15.5 Å². The summed E-state index contributed by atoms with van der Waals surface area (Å²) in [6.07, 6.45) is 3.59. The predicted molar refractivity (Wildman–Crippen MR) is 67.7 cm³/mol. The average Bonchev–Trinajstić information content (AvgIpc) is 2.39. The third-order valence-electron chi connectivity index (χ3n) is 3.52. The van der Waals surface area contributed by atoms with Crippen molar-refractivity contribution in [1.29, 1.82) is 0 Å². The smallest absolute Gasteiger partial charge is 0.0626 e. The molecule has 3 nitrogen and oxygen atoms in total. The van der Waals surface area contributed by atoms with E-state index in [2.05, 4.69) is 5.32 Å². The van der Waals surface area contributed by atoms with Crippen molar-refractivity contribution in [2.75, 3.05) is 6.61 Å². The topological polar surface area (TPSA) is 52.5 Å². The van der Waals surface area contributed by atoms with Crippen LogP contribution in [-0.4, -0.2) is 29.0 Å². The molecule has 0 amide bonds. The highest BCUT2D eigenvalue weighted by molar-refractivity contribution is 5.19. The van der Waals surface area contributed by atoms with Crippen molar-refractivity contribution in [3.05, 3.63) is 35.9 Å². The molecule has 0 saturated heterocycles. The summed E-state index contributed by atoms with van der Waals surface area (Å²) in [6, 6.07) is 10.5. The first-order valence-corrected chi connectivity index (χ1v) is 6.39. The lowest BCUT2D eigenvalue weighted by Crippen LogP contribution is -2.38. The van der Waals surface area contributed by atoms with Gasteiger partial charge in [-0.2, -0.15) is 0 Å². The fraction of sp³-hybridized carbons (Fsp3) is 0.571. The molecule has 1 saturated carbocycles. The first kappa shape index (κ1) is 12.6. The van der Waals surface area contributed by atoms with Crippen LogP contribution in [0.5, 0.6) is 0 Å². The van der Waals surface area contributed by atoms with E-state index < -0.39 is 0 Å². The van der Waals surface area contributed by atoms with Crippen LogP contribution in [-0.2, 0) is 0 Å². The molecule has 0 bridgehead atoms. The zero-order valence-corrected chi connectivity index (χ0v) is 10.0. The predicted octanol–water partition coefficient (Wildman–Crippen LogP) is 1.61. The molecule has 94 valence electrons. The Bertz CT molecular complexity index is 320. The summed E-state index contributed by atoms with van der Waals surface area (Å²) in [5.74, 6) is 0. The lowest BCUT2D eigenvalue weighted by molar-refractivity contribution is 0.110. The Hall–Kier alpha value is -0.900. The van der Waals surface area contributed by atoms with E-state index in [0.29, 0.717) is 6.04 Å². The van der Waals surface area contributed by atoms with Gasteiger partial charge in [-0.05, 0) is 31.2 Å². The Balaban J connectivity index is 1.92. The molecule has 1 aliphatic carbocycles. The van der Waals surface area contributed by atoms with E-state index >= 15 is 0 Å². The summed E-state index contributed by atoms with van der Waals surface area (Å²) in [5, 5.41) is 22.4. The number of benzene rings is 1. The van der Waals surface area contributed by atoms with E-state index in [0.717, 1.165) is 31.2 Å². The quantitative estimate of drug-likeness (QED) is 0.743. The maximum Gasteiger partial charge on any atom is 0.0626 e. The molecule has 1 unspecified atom stereocenters. The highest BCUT2D eigenvalue weighted by atomic mass is 16.3. The minimum atomic E-state index is -0.127. The van der Waals surface area contributed by atoms with Crippen molar-refractivity contribution in [1.82, 2.24) is 5.32 Å². The highest BCUT2D eigenvalue weighted by Crippen LogP contribution is 2.21. The molecule has 1 fully saturated rings. The molecule has 1 aliphatic rings. The van der Waals surface area contributed by atoms with Gasteiger partial charge in [-0.1, -0.05) is 30.3 Å². The number of aliphatic hydroxyl groups excluding tert-OH is 2. The summed E-state index contributed by atoms with van der Waals surface area (Å²) in [5.41, 5.74) is 1.13. The lowest BCUT2D eigenvalue weighted by Gasteiger charge is -2.30. The van der Waals surface area contributed by atoms with Gasteiger partial charge in [-0.3, -0.25) is 0 Å². The van der Waals surface area contributed by atoms with Crippen molar-refractivity contribution in [2.24, 2.45) is 0 Å². The third-order valence-corrected chi connectivity index (χ3v) is 3.52. The summed E-state index contributed by atoms with van der Waals surface area (Å²) in [4.78, 5) is 0. The highest BCUT2D eigenvalue weighted by Gasteiger charge is 2.22. The van der Waals surface area contributed by atoms with Gasteiger partial charge in [0, 0.05) is 6.04 Å². The standard InChI is InChI=1S/C14H21NO2/c16-10-14(11-4-2-1-3-5-11)15-12-6-8-13(17)9-7-12/h1-5,12-17H,6-10H2. The lowest BCUT2D eigenvalue weighted by atomic mass is 9.92. The minimum absolute atomic E-state index is 0.0106. The van der Waals surface area contributed by atoms with Crippen LogP contribution in [0.2, 0.25) is 0 Å². The van der Waals surface area contributed by atoms with E-state index in [-0.39, 0.29) is 18.8 Å². The molecule has 3 N–H and O–H groups in total. The molecule has 1 atom stereocenters. The second-order valence-electron chi connectivity index (χ2n) is 4.82. The number of nitrogens with one attached hydrogen (secondary N) is 1. The van der Waals surface area contributed by atoms with Crippen molar-refractivity contribution < 1.29 is 10.2 Å². The number of aliphatic hydroxyl groups is 2. The maximum atomic E-state index is 9.46. The molecule has 3 heteroatoms. The molecule has 1 aromatic rings. The summed E-state index contributed by atoms with van der Waals surface area (Å²) >= 11 is 0. The van der Waals surface area contributed by atoms with Crippen molar-refractivity contribution in [2.45, 2.75) is 43.9 Å². The normalized spacial score (nSPS) is 26.7. The molecule has 1 aromatic carbocycles. The van der Waals surface area contributed by atoms with Crippen molar-refractivity contribution in [3.63, 3.8) is 0 Å². The van der Waals surface area contributed by atoms with Gasteiger partial charge in [0.1, 0.15) is 0 Å². The van der Waals surface area contributed by atoms with Crippen LogP contribution in [0.1, 0.15) is 37.3 Å². The van der Waals surface area contributed by atoms with Crippen LogP contribution >= 0.6 is 0 Å². The molecule has 0 aromatic heterocycles. The van der Waals surface area contributed by atoms with Gasteiger partial charge in [0.05, 0.1) is 18.8 Å². The second kappa shape index (κ2) is 6.15. The Morgan fingerprint density at radius 3 is 2.35 bits per heavy atom. The summed E-state index contributed by atoms with van der Waals surface area (Å²) in [6.45, 7) is 0.114. The Labute approximate surface area is 102 Å². The van der Waals surface area contributed by atoms with Crippen molar-refractivity contribution in [3.8, 4) is 0 Å². The van der Waals surface area contributed by atoms with Crippen molar-refractivity contribution >= 4 is 0 Å². The van der Waals surface area contributed by atoms with Crippen LogP contribution < -0.4 is 5.32 Å². The Morgan fingerprint density at radius 2 is 1.76 bits per heavy atom. The Kier molecular flexibility index (Phi) is 4.54. The monoisotopic (exact) mass is 235 g/mol. The SMILES string of the molecule is OCC(NC1CCC(O)CC1)c1ccccc1. The minimum Gasteiger partial charge on any atom is -0.394 e. The van der Waals surface area contributed by atoms with E-state index in [4.69, 9.17) is 0 Å². The molecular formula is C14H21NO2. The van der Waals surface area contributed by atoms with Crippen LogP contribution in [0.25, 0.3) is 0 Å². The fourth-order valence-electron chi connectivity index (χ4n) is 2.47. The first-order valence-electron chi connectivity index (χ1n) is 6.39. The van der Waals surface area contributed by atoms with E-state index in [9.17, 15) is 10.2 Å². The molecule has 2 rings (SSSR count). The maximum absolute atomic E-state index is 9.46. The van der Waals surface area contributed by atoms with Gasteiger partial charge >= 0.3 is 0 Å². The number of rotatable bonds is 4. The van der Waals surface area contributed by atoms with E-state index in [1.807, 2.05) is 30.3 Å². The molecule has 0 spiro atoms. The molecule has 0 aliphatic heterocycles. The van der Waals surface area contributed by atoms with Gasteiger partial charge in [0.15, 0.2) is 0 Å². The van der Waals surface area contributed by atoms with Crippen LogP contribution in [0, 0.1) is 0 Å². The van der Waals surface area contributed by atoms with E-state index in [1.165, 1.54) is 0 Å². The fourth-order valence-corrected chi connectivity index (χ4v) is 2.47. The molecule has 0 radical (unpaired) electrons. The molecule has 17 heavy (non-hydrogen) atoms. The van der Waals surface area contributed by atoms with Crippen LogP contribution in [0.15, 0.2) is 30.3 Å². The first-order chi connectivity index (χ1) is 8.29. The summed E-state index contributed by atoms with van der Waals surface area (Å²) < 4.78 is 0. The van der Waals surface area contributed by atoms with E-state index in [1.54, 1.807) is 0 Å². The molecule has 0 heterocycles. The van der Waals surface area contributed by atoms with Crippen LogP contribution in [0.4, 0.5) is 0 Å². The summed E-state index contributed by atoms with van der Waals surface area (Å²) in [7, 11) is 0. The Morgan fingerprint density at radius 1 is 1.12 bits per heavy atom. The largest absolute Gasteiger partial charge is 0.394 e. The zero-order chi connectivity index (χ0) is 12.1. The van der Waals surface area contributed by atoms with Gasteiger partial charge in [-0.15, -0.1) is 0 Å². The van der Waals surface area contributed by atoms with Gasteiger partial charge in [0.25, 0.3) is 0 Å². The zero-order valence-electron chi connectivity index (χ0n) is 10.0. The number of hydrogen-bond donors (Lipinski definition) is 3. The number of hydrogen-bond acceptors (Lipinski definition) is 3. The molecular weight excluding hydrogens is 214 g/mol. The third kappa shape index (κ3) is 3.53.